The van der Waals surface area contributed by atoms with Crippen LogP contribution in [0.5, 0.6) is 5.75 Å². The van der Waals surface area contributed by atoms with E-state index in [9.17, 15) is 4.39 Å². The van der Waals surface area contributed by atoms with Gasteiger partial charge in [-0.25, -0.2) is 14.1 Å². The van der Waals surface area contributed by atoms with Crippen LogP contribution in [0.4, 0.5) is 10.3 Å². The van der Waals surface area contributed by atoms with Gasteiger partial charge >= 0.3 is 0 Å². The standard InChI is InChI=1S/C16H16FN5OS/c1-8(2)22-14(20-16(18)21-22)15-19-13-10-7-9(17)3-4-11(10)23-6-5-12(13)24-15/h3-4,7-8H,5-6H2,1-2H3,(H2,18,21). The van der Waals surface area contributed by atoms with Crippen LogP contribution in [0.25, 0.3) is 22.1 Å². The third-order valence-corrected chi connectivity index (χ3v) is 4.92. The first-order valence-electron chi connectivity index (χ1n) is 7.67. The lowest BCUT2D eigenvalue weighted by Crippen LogP contribution is -2.05. The number of anilines is 1. The molecule has 0 aliphatic carbocycles. The fourth-order valence-electron chi connectivity index (χ4n) is 2.74. The molecule has 0 spiro atoms. The van der Waals surface area contributed by atoms with Gasteiger partial charge in [0.05, 0.1) is 12.3 Å². The molecular weight excluding hydrogens is 329 g/mol. The van der Waals surface area contributed by atoms with E-state index in [0.29, 0.717) is 30.2 Å². The monoisotopic (exact) mass is 345 g/mol. The highest BCUT2D eigenvalue weighted by Crippen LogP contribution is 2.40. The first-order valence-corrected chi connectivity index (χ1v) is 8.49. The van der Waals surface area contributed by atoms with E-state index in [4.69, 9.17) is 15.5 Å². The minimum atomic E-state index is -0.311. The summed E-state index contributed by atoms with van der Waals surface area (Å²) in [7, 11) is 0. The van der Waals surface area contributed by atoms with Crippen LogP contribution in [0.1, 0.15) is 24.8 Å². The van der Waals surface area contributed by atoms with Crippen LogP contribution >= 0.6 is 11.3 Å². The molecule has 2 aromatic heterocycles. The van der Waals surface area contributed by atoms with E-state index in [-0.39, 0.29) is 17.8 Å². The van der Waals surface area contributed by atoms with Crippen LogP contribution in [0.3, 0.4) is 0 Å². The largest absolute Gasteiger partial charge is 0.493 e. The van der Waals surface area contributed by atoms with Crippen molar-refractivity contribution in [1.29, 1.82) is 0 Å². The maximum atomic E-state index is 13.7. The maximum absolute atomic E-state index is 13.7. The van der Waals surface area contributed by atoms with Crippen LogP contribution in [0.2, 0.25) is 0 Å². The van der Waals surface area contributed by atoms with Crippen LogP contribution in [0, 0.1) is 5.82 Å². The number of nitrogen functional groups attached to an aromatic ring is 1. The number of rotatable bonds is 2. The molecule has 1 aliphatic rings. The molecule has 0 saturated carbocycles. The fourth-order valence-corrected chi connectivity index (χ4v) is 3.78. The van der Waals surface area contributed by atoms with E-state index < -0.39 is 0 Å². The molecule has 0 saturated heterocycles. The van der Waals surface area contributed by atoms with Crippen LogP contribution in [0.15, 0.2) is 18.2 Å². The lowest BCUT2D eigenvalue weighted by Gasteiger charge is -2.07. The van der Waals surface area contributed by atoms with Crippen molar-refractivity contribution in [2.45, 2.75) is 26.3 Å². The molecule has 0 bridgehead atoms. The third-order valence-electron chi connectivity index (χ3n) is 3.81. The van der Waals surface area contributed by atoms with Crippen LogP contribution in [-0.4, -0.2) is 26.4 Å². The van der Waals surface area contributed by atoms with Gasteiger partial charge in [0.2, 0.25) is 5.95 Å². The molecule has 0 radical (unpaired) electrons. The number of benzene rings is 1. The number of hydrogen-bond acceptors (Lipinski definition) is 6. The van der Waals surface area contributed by atoms with Crippen molar-refractivity contribution in [3.8, 4) is 27.8 Å². The summed E-state index contributed by atoms with van der Waals surface area (Å²) in [5, 5.41) is 4.97. The fraction of sp³-hybridized carbons (Fsp3) is 0.312. The topological polar surface area (TPSA) is 78.9 Å². The van der Waals surface area contributed by atoms with Gasteiger partial charge < -0.3 is 10.5 Å². The van der Waals surface area contributed by atoms with Crippen molar-refractivity contribution in [3.63, 3.8) is 0 Å². The number of nitrogens with two attached hydrogens (primary N) is 1. The molecule has 6 nitrogen and oxygen atoms in total. The van der Waals surface area contributed by atoms with Gasteiger partial charge in [-0.3, -0.25) is 0 Å². The Morgan fingerprint density at radius 3 is 2.96 bits per heavy atom. The van der Waals surface area contributed by atoms with Crippen molar-refractivity contribution in [2.24, 2.45) is 0 Å². The summed E-state index contributed by atoms with van der Waals surface area (Å²) >= 11 is 1.52. The summed E-state index contributed by atoms with van der Waals surface area (Å²) in [6.07, 6.45) is 0.717. The second kappa shape index (κ2) is 5.55. The molecule has 0 fully saturated rings. The Bertz CT molecular complexity index is 917. The summed E-state index contributed by atoms with van der Waals surface area (Å²) in [6.45, 7) is 4.55. The average Bonchev–Trinajstić information content (AvgIpc) is 3.08. The van der Waals surface area contributed by atoms with E-state index >= 15 is 0 Å². The summed E-state index contributed by atoms with van der Waals surface area (Å²) in [6, 6.07) is 4.62. The predicted molar refractivity (Wildman–Crippen MR) is 90.5 cm³/mol. The van der Waals surface area contributed by atoms with Crippen molar-refractivity contribution >= 4 is 17.3 Å². The quantitative estimate of drug-likeness (QED) is 0.771. The Kier molecular flexibility index (Phi) is 3.49. The summed E-state index contributed by atoms with van der Waals surface area (Å²) in [4.78, 5) is 10.1. The first kappa shape index (κ1) is 15.1. The first-order chi connectivity index (χ1) is 11.5. The number of nitrogens with zero attached hydrogens (tertiary/aromatic N) is 4. The highest BCUT2D eigenvalue weighted by molar-refractivity contribution is 7.15. The summed E-state index contributed by atoms with van der Waals surface area (Å²) < 4.78 is 21.2. The molecule has 4 rings (SSSR count). The zero-order valence-electron chi connectivity index (χ0n) is 13.3. The molecule has 2 N–H and O–H groups in total. The molecule has 0 unspecified atom stereocenters. The minimum absolute atomic E-state index is 0.113. The molecule has 3 heterocycles. The van der Waals surface area contributed by atoms with E-state index in [1.807, 2.05) is 13.8 Å². The summed E-state index contributed by atoms with van der Waals surface area (Å²) in [5.41, 5.74) is 7.19. The van der Waals surface area contributed by atoms with E-state index in [0.717, 1.165) is 15.6 Å². The number of halogens is 1. The number of fused-ring (bicyclic) bond motifs is 3. The van der Waals surface area contributed by atoms with Crippen molar-refractivity contribution in [3.05, 3.63) is 28.9 Å². The number of thiazole rings is 1. The van der Waals surface area contributed by atoms with Gasteiger partial charge in [0.15, 0.2) is 10.8 Å². The van der Waals surface area contributed by atoms with E-state index in [1.54, 1.807) is 10.7 Å². The number of ether oxygens (including phenoxy) is 1. The van der Waals surface area contributed by atoms with Crippen molar-refractivity contribution < 1.29 is 9.13 Å². The Hall–Kier alpha value is -2.48. The highest BCUT2D eigenvalue weighted by Gasteiger charge is 2.24. The Labute approximate surface area is 142 Å². The van der Waals surface area contributed by atoms with Gasteiger partial charge in [-0.2, -0.15) is 4.98 Å². The van der Waals surface area contributed by atoms with Crippen molar-refractivity contribution in [1.82, 2.24) is 19.7 Å². The summed E-state index contributed by atoms with van der Waals surface area (Å²) in [5.74, 6) is 1.20. The molecule has 1 aromatic carbocycles. The predicted octanol–water partition coefficient (Wildman–Crippen LogP) is 3.31. The Balaban J connectivity index is 1.88. The zero-order valence-corrected chi connectivity index (χ0v) is 14.1. The number of hydrogen-bond donors (Lipinski definition) is 1. The van der Waals surface area contributed by atoms with Crippen LogP contribution in [-0.2, 0) is 6.42 Å². The molecule has 0 amide bonds. The Morgan fingerprint density at radius 2 is 2.17 bits per heavy atom. The van der Waals surface area contributed by atoms with E-state index in [1.165, 1.54) is 23.5 Å². The molecule has 24 heavy (non-hydrogen) atoms. The van der Waals surface area contributed by atoms with Gasteiger partial charge in [-0.1, -0.05) is 0 Å². The molecule has 124 valence electrons. The lowest BCUT2D eigenvalue weighted by molar-refractivity contribution is 0.327. The normalized spacial score (nSPS) is 13.3. The highest BCUT2D eigenvalue weighted by atomic mass is 32.1. The SMILES string of the molecule is CC(C)n1nc(N)nc1-c1nc2c(s1)CCOc1ccc(F)cc1-2. The van der Waals surface area contributed by atoms with Gasteiger partial charge in [0.25, 0.3) is 0 Å². The van der Waals surface area contributed by atoms with E-state index in [2.05, 4.69) is 10.1 Å². The third kappa shape index (κ3) is 2.43. The van der Waals surface area contributed by atoms with Gasteiger partial charge in [0, 0.05) is 22.9 Å². The number of aromatic nitrogens is 4. The second-order valence-corrected chi connectivity index (χ2v) is 6.95. The smallest absolute Gasteiger partial charge is 0.240 e. The minimum Gasteiger partial charge on any atom is -0.493 e. The molecule has 8 heteroatoms. The lowest BCUT2D eigenvalue weighted by atomic mass is 10.1. The van der Waals surface area contributed by atoms with Gasteiger partial charge in [-0.15, -0.1) is 16.4 Å². The molecule has 1 aliphatic heterocycles. The zero-order chi connectivity index (χ0) is 16.8. The average molecular weight is 345 g/mol. The van der Waals surface area contributed by atoms with Crippen molar-refractivity contribution in [2.75, 3.05) is 12.3 Å². The molecule has 0 atom stereocenters. The van der Waals surface area contributed by atoms with Gasteiger partial charge in [-0.05, 0) is 32.0 Å². The Morgan fingerprint density at radius 1 is 1.33 bits per heavy atom. The maximum Gasteiger partial charge on any atom is 0.240 e. The second-order valence-electron chi connectivity index (χ2n) is 5.86. The van der Waals surface area contributed by atoms with Gasteiger partial charge in [0.1, 0.15) is 11.6 Å². The molecule has 3 aromatic rings. The van der Waals surface area contributed by atoms with Crippen LogP contribution < -0.4 is 10.5 Å². The molecular formula is C16H16FN5OS.